The molecule has 0 radical (unpaired) electrons. The summed E-state index contributed by atoms with van der Waals surface area (Å²) >= 11 is 5.34. The SMILES string of the molecule is COc1ccc(-c2n[nH]c(=S)n2/N=C/c2cccc(OCc3ccccc3)c2)cc1. The van der Waals surface area contributed by atoms with E-state index in [1.807, 2.05) is 78.9 Å². The zero-order valence-electron chi connectivity index (χ0n) is 16.4. The third-order valence-corrected chi connectivity index (χ3v) is 4.69. The quantitative estimate of drug-likeness (QED) is 0.337. The molecule has 1 heterocycles. The first-order chi connectivity index (χ1) is 14.7. The van der Waals surface area contributed by atoms with Crippen molar-refractivity contribution in [2.45, 2.75) is 6.61 Å². The van der Waals surface area contributed by atoms with E-state index in [4.69, 9.17) is 21.7 Å². The molecule has 0 aliphatic carbocycles. The molecule has 4 aromatic rings. The molecule has 0 aliphatic rings. The van der Waals surface area contributed by atoms with E-state index >= 15 is 0 Å². The Morgan fingerprint density at radius 2 is 1.80 bits per heavy atom. The molecule has 0 atom stereocenters. The molecule has 7 heteroatoms. The Kier molecular flexibility index (Phi) is 6.01. The highest BCUT2D eigenvalue weighted by atomic mass is 32.1. The summed E-state index contributed by atoms with van der Waals surface area (Å²) in [4.78, 5) is 0. The van der Waals surface area contributed by atoms with Crippen LogP contribution < -0.4 is 9.47 Å². The first-order valence-corrected chi connectivity index (χ1v) is 9.77. The first kappa shape index (κ1) is 19.6. The molecule has 1 aromatic heterocycles. The summed E-state index contributed by atoms with van der Waals surface area (Å²) in [6.07, 6.45) is 1.73. The molecular weight excluding hydrogens is 396 g/mol. The van der Waals surface area contributed by atoms with Crippen molar-refractivity contribution in [1.82, 2.24) is 14.9 Å². The smallest absolute Gasteiger partial charge is 0.216 e. The lowest BCUT2D eigenvalue weighted by Gasteiger charge is -2.07. The largest absolute Gasteiger partial charge is 0.497 e. The van der Waals surface area contributed by atoms with Gasteiger partial charge in [-0.1, -0.05) is 42.5 Å². The van der Waals surface area contributed by atoms with Crippen molar-refractivity contribution in [1.29, 1.82) is 0 Å². The van der Waals surface area contributed by atoms with Crippen molar-refractivity contribution in [2.24, 2.45) is 5.10 Å². The number of hydrogen-bond donors (Lipinski definition) is 1. The van der Waals surface area contributed by atoms with Gasteiger partial charge in [0.25, 0.3) is 0 Å². The van der Waals surface area contributed by atoms with Crippen LogP contribution in [0.2, 0.25) is 0 Å². The molecule has 0 unspecified atom stereocenters. The van der Waals surface area contributed by atoms with Crippen molar-refractivity contribution in [2.75, 3.05) is 7.11 Å². The molecule has 6 nitrogen and oxygen atoms in total. The van der Waals surface area contributed by atoms with Crippen LogP contribution >= 0.6 is 12.2 Å². The highest BCUT2D eigenvalue weighted by Gasteiger charge is 2.08. The summed E-state index contributed by atoms with van der Waals surface area (Å²) in [5.41, 5.74) is 2.88. The number of H-pyrrole nitrogens is 1. The van der Waals surface area contributed by atoms with E-state index in [-0.39, 0.29) is 0 Å². The topological polar surface area (TPSA) is 64.4 Å². The van der Waals surface area contributed by atoms with Gasteiger partial charge in [-0.25, -0.2) is 5.10 Å². The number of nitrogens with zero attached hydrogens (tertiary/aromatic N) is 3. The summed E-state index contributed by atoms with van der Waals surface area (Å²) in [5.74, 6) is 2.17. The first-order valence-electron chi connectivity index (χ1n) is 9.36. The van der Waals surface area contributed by atoms with Crippen LogP contribution in [0.4, 0.5) is 0 Å². The van der Waals surface area contributed by atoms with E-state index in [0.29, 0.717) is 17.2 Å². The van der Waals surface area contributed by atoms with Gasteiger partial charge in [0, 0.05) is 5.56 Å². The van der Waals surface area contributed by atoms with E-state index < -0.39 is 0 Å². The van der Waals surface area contributed by atoms with E-state index in [1.165, 1.54) is 0 Å². The van der Waals surface area contributed by atoms with E-state index in [1.54, 1.807) is 18.0 Å². The van der Waals surface area contributed by atoms with Crippen molar-refractivity contribution in [3.63, 3.8) is 0 Å². The Hall–Kier alpha value is -3.71. The minimum atomic E-state index is 0.411. The third-order valence-electron chi connectivity index (χ3n) is 4.43. The average molecular weight is 417 g/mol. The molecule has 0 spiro atoms. The molecule has 0 fully saturated rings. The van der Waals surface area contributed by atoms with Crippen molar-refractivity contribution in [3.05, 3.63) is 94.8 Å². The van der Waals surface area contributed by atoms with Crippen LogP contribution in [-0.4, -0.2) is 28.2 Å². The molecule has 3 aromatic carbocycles. The molecule has 1 N–H and O–H groups in total. The van der Waals surface area contributed by atoms with Crippen LogP contribution in [0.15, 0.2) is 84.0 Å². The van der Waals surface area contributed by atoms with Crippen LogP contribution in [-0.2, 0) is 6.61 Å². The highest BCUT2D eigenvalue weighted by Crippen LogP contribution is 2.21. The van der Waals surface area contributed by atoms with Crippen LogP contribution in [0.25, 0.3) is 11.4 Å². The fraction of sp³-hybridized carbons (Fsp3) is 0.0870. The van der Waals surface area contributed by atoms with Gasteiger partial charge in [-0.05, 0) is 59.7 Å². The fourth-order valence-corrected chi connectivity index (χ4v) is 3.05. The molecule has 30 heavy (non-hydrogen) atoms. The molecule has 0 saturated heterocycles. The van der Waals surface area contributed by atoms with Gasteiger partial charge in [-0.2, -0.15) is 14.9 Å². The number of methoxy groups -OCH3 is 1. The van der Waals surface area contributed by atoms with Gasteiger partial charge in [-0.3, -0.25) is 0 Å². The van der Waals surface area contributed by atoms with E-state index in [9.17, 15) is 0 Å². The zero-order chi connectivity index (χ0) is 20.8. The summed E-state index contributed by atoms with van der Waals surface area (Å²) in [6.45, 7) is 0.510. The summed E-state index contributed by atoms with van der Waals surface area (Å²) < 4.78 is 13.1. The molecule has 0 amide bonds. The average Bonchev–Trinajstić information content (AvgIpc) is 3.17. The lowest BCUT2D eigenvalue weighted by molar-refractivity contribution is 0.306. The second-order valence-electron chi connectivity index (χ2n) is 6.48. The molecule has 0 bridgehead atoms. The van der Waals surface area contributed by atoms with Gasteiger partial charge in [-0.15, -0.1) is 0 Å². The molecule has 150 valence electrons. The third kappa shape index (κ3) is 4.64. The molecule has 0 aliphatic heterocycles. The van der Waals surface area contributed by atoms with Gasteiger partial charge in [0.1, 0.15) is 18.1 Å². The number of aromatic amines is 1. The summed E-state index contributed by atoms with van der Waals surface area (Å²) in [5, 5.41) is 11.6. The Bertz CT molecular complexity index is 1200. The lowest BCUT2D eigenvalue weighted by atomic mass is 10.2. The van der Waals surface area contributed by atoms with Gasteiger partial charge in [0.05, 0.1) is 13.3 Å². The second kappa shape index (κ2) is 9.19. The lowest BCUT2D eigenvalue weighted by Crippen LogP contribution is -1.97. The maximum atomic E-state index is 5.89. The second-order valence-corrected chi connectivity index (χ2v) is 6.87. The summed E-state index contributed by atoms with van der Waals surface area (Å²) in [6, 6.07) is 25.4. The van der Waals surface area contributed by atoms with Gasteiger partial charge in [0.2, 0.25) is 4.77 Å². The van der Waals surface area contributed by atoms with Crippen LogP contribution in [0.5, 0.6) is 11.5 Å². The van der Waals surface area contributed by atoms with Gasteiger partial charge in [0.15, 0.2) is 5.82 Å². The molecule has 4 rings (SSSR count). The number of hydrogen-bond acceptors (Lipinski definition) is 5. The Morgan fingerprint density at radius 3 is 2.57 bits per heavy atom. The number of nitrogens with one attached hydrogen (secondary N) is 1. The number of ether oxygens (including phenoxy) is 2. The van der Waals surface area contributed by atoms with Crippen LogP contribution in [0.1, 0.15) is 11.1 Å². The van der Waals surface area contributed by atoms with E-state index in [2.05, 4.69) is 15.3 Å². The fourth-order valence-electron chi connectivity index (χ4n) is 2.88. The Balaban J connectivity index is 1.53. The Morgan fingerprint density at radius 1 is 1.00 bits per heavy atom. The van der Waals surface area contributed by atoms with Crippen LogP contribution in [0.3, 0.4) is 0 Å². The predicted octanol–water partition coefficient (Wildman–Crippen LogP) is 5.08. The number of benzene rings is 3. The van der Waals surface area contributed by atoms with E-state index in [0.717, 1.165) is 28.2 Å². The molecular formula is C23H20N4O2S. The highest BCUT2D eigenvalue weighted by molar-refractivity contribution is 7.71. The van der Waals surface area contributed by atoms with Crippen molar-refractivity contribution < 1.29 is 9.47 Å². The summed E-state index contributed by atoms with van der Waals surface area (Å²) in [7, 11) is 1.63. The van der Waals surface area contributed by atoms with Crippen molar-refractivity contribution in [3.8, 4) is 22.9 Å². The monoisotopic (exact) mass is 416 g/mol. The Labute approximate surface area is 179 Å². The minimum absolute atomic E-state index is 0.411. The maximum Gasteiger partial charge on any atom is 0.216 e. The predicted molar refractivity (Wildman–Crippen MR) is 120 cm³/mol. The normalized spacial score (nSPS) is 11.0. The van der Waals surface area contributed by atoms with Gasteiger partial charge < -0.3 is 9.47 Å². The maximum absolute atomic E-state index is 5.89. The standard InChI is InChI=1S/C23H20N4O2S/c1-28-20-12-10-19(11-13-20)22-25-26-23(30)27(22)24-15-18-8-5-9-21(14-18)29-16-17-6-3-2-4-7-17/h2-15H,16H2,1H3,(H,26,30)/b24-15+. The van der Waals surface area contributed by atoms with Crippen LogP contribution in [0, 0.1) is 4.77 Å². The zero-order valence-corrected chi connectivity index (χ0v) is 17.2. The van der Waals surface area contributed by atoms with Crippen molar-refractivity contribution >= 4 is 18.4 Å². The molecule has 0 saturated carbocycles. The van der Waals surface area contributed by atoms with Gasteiger partial charge >= 0.3 is 0 Å². The minimum Gasteiger partial charge on any atom is -0.497 e. The number of rotatable bonds is 7. The number of aromatic nitrogens is 3.